The lowest BCUT2D eigenvalue weighted by Crippen LogP contribution is -2.50. The quantitative estimate of drug-likeness (QED) is 0.889. The van der Waals surface area contributed by atoms with Crippen LogP contribution in [0.15, 0.2) is 16.5 Å². The predicted octanol–water partition coefficient (Wildman–Crippen LogP) is 4.06. The summed E-state index contributed by atoms with van der Waals surface area (Å²) >= 11 is 0. The Kier molecular flexibility index (Phi) is 2.60. The SMILES string of the molecule is CCc1ccc(C(N)C23CC4CC(CC(C4)C2)C3)o1. The van der Waals surface area contributed by atoms with Crippen LogP contribution in [0.2, 0.25) is 0 Å². The summed E-state index contributed by atoms with van der Waals surface area (Å²) in [4.78, 5) is 0. The van der Waals surface area contributed by atoms with E-state index < -0.39 is 0 Å². The molecule has 4 aliphatic carbocycles. The first-order valence-electron chi connectivity index (χ1n) is 8.03. The first-order valence-corrected chi connectivity index (χ1v) is 8.03. The summed E-state index contributed by atoms with van der Waals surface area (Å²) in [5.74, 6) is 4.99. The van der Waals surface area contributed by atoms with Crippen LogP contribution in [0.5, 0.6) is 0 Å². The van der Waals surface area contributed by atoms with Gasteiger partial charge in [0.2, 0.25) is 0 Å². The molecule has 1 atom stereocenters. The lowest BCUT2D eigenvalue weighted by Gasteiger charge is -2.58. The number of furan rings is 1. The van der Waals surface area contributed by atoms with Crippen LogP contribution in [0.1, 0.15) is 63.0 Å². The first-order chi connectivity index (χ1) is 9.18. The highest BCUT2D eigenvalue weighted by molar-refractivity contribution is 5.16. The molecule has 0 radical (unpaired) electrons. The number of aryl methyl sites for hydroxylation is 1. The van der Waals surface area contributed by atoms with E-state index in [2.05, 4.69) is 19.1 Å². The second-order valence-corrected chi connectivity index (χ2v) is 7.42. The zero-order valence-electron chi connectivity index (χ0n) is 11.9. The van der Waals surface area contributed by atoms with Gasteiger partial charge in [0.05, 0.1) is 6.04 Å². The Morgan fingerprint density at radius 2 is 1.74 bits per heavy atom. The minimum Gasteiger partial charge on any atom is -0.464 e. The molecule has 19 heavy (non-hydrogen) atoms. The molecule has 0 amide bonds. The summed E-state index contributed by atoms with van der Waals surface area (Å²) < 4.78 is 5.96. The minimum absolute atomic E-state index is 0.126. The lowest BCUT2D eigenvalue weighted by molar-refractivity contribution is -0.0710. The van der Waals surface area contributed by atoms with Gasteiger partial charge < -0.3 is 10.2 Å². The zero-order chi connectivity index (χ0) is 13.0. The molecular formula is C17H25NO. The Morgan fingerprint density at radius 1 is 1.16 bits per heavy atom. The second kappa shape index (κ2) is 4.12. The van der Waals surface area contributed by atoms with Crippen LogP contribution in [0, 0.1) is 23.2 Å². The average molecular weight is 259 g/mol. The monoisotopic (exact) mass is 259 g/mol. The van der Waals surface area contributed by atoms with Gasteiger partial charge in [0.1, 0.15) is 11.5 Å². The smallest absolute Gasteiger partial charge is 0.121 e. The van der Waals surface area contributed by atoms with Gasteiger partial charge in [-0.05, 0) is 73.8 Å². The van der Waals surface area contributed by atoms with Crippen molar-refractivity contribution in [3.63, 3.8) is 0 Å². The minimum atomic E-state index is 0.126. The van der Waals surface area contributed by atoms with E-state index in [-0.39, 0.29) is 6.04 Å². The molecule has 5 rings (SSSR count). The predicted molar refractivity (Wildman–Crippen MR) is 75.6 cm³/mol. The van der Waals surface area contributed by atoms with E-state index >= 15 is 0 Å². The molecule has 104 valence electrons. The number of hydrogen-bond donors (Lipinski definition) is 1. The van der Waals surface area contributed by atoms with Crippen molar-refractivity contribution in [2.24, 2.45) is 28.9 Å². The average Bonchev–Trinajstić information content (AvgIpc) is 2.84. The third-order valence-electron chi connectivity index (χ3n) is 6.08. The third kappa shape index (κ3) is 1.79. The summed E-state index contributed by atoms with van der Waals surface area (Å²) in [6, 6.07) is 4.36. The summed E-state index contributed by atoms with van der Waals surface area (Å²) in [5.41, 5.74) is 7.03. The van der Waals surface area contributed by atoms with Crippen molar-refractivity contribution in [3.8, 4) is 0 Å². The number of nitrogens with two attached hydrogens (primary N) is 1. The maximum Gasteiger partial charge on any atom is 0.121 e. The standard InChI is InChI=1S/C17H25NO/c1-2-14-3-4-15(19-14)16(18)17-8-11-5-12(9-17)7-13(6-11)10-17/h3-4,11-13,16H,2,5-10,18H2,1H3. The van der Waals surface area contributed by atoms with Crippen molar-refractivity contribution in [3.05, 3.63) is 23.7 Å². The van der Waals surface area contributed by atoms with Crippen LogP contribution in [0.25, 0.3) is 0 Å². The molecule has 4 aliphatic rings. The van der Waals surface area contributed by atoms with Gasteiger partial charge >= 0.3 is 0 Å². The summed E-state index contributed by atoms with van der Waals surface area (Å²) in [5, 5.41) is 0. The van der Waals surface area contributed by atoms with E-state index in [0.29, 0.717) is 5.41 Å². The molecule has 2 heteroatoms. The maximum atomic E-state index is 6.67. The fraction of sp³-hybridized carbons (Fsp3) is 0.765. The summed E-state index contributed by atoms with van der Waals surface area (Å²) in [7, 11) is 0. The molecule has 0 aromatic carbocycles. The van der Waals surface area contributed by atoms with Crippen LogP contribution in [-0.4, -0.2) is 0 Å². The van der Waals surface area contributed by atoms with E-state index in [0.717, 1.165) is 35.7 Å². The van der Waals surface area contributed by atoms with Gasteiger partial charge in [0.25, 0.3) is 0 Å². The first kappa shape index (κ1) is 12.0. The fourth-order valence-corrected chi connectivity index (χ4v) is 5.61. The largest absolute Gasteiger partial charge is 0.464 e. The topological polar surface area (TPSA) is 39.2 Å². The van der Waals surface area contributed by atoms with E-state index in [9.17, 15) is 0 Å². The summed E-state index contributed by atoms with van der Waals surface area (Å²) in [6.45, 7) is 2.14. The molecule has 1 heterocycles. The van der Waals surface area contributed by atoms with Crippen molar-refractivity contribution in [2.75, 3.05) is 0 Å². The Labute approximate surface area is 115 Å². The molecule has 0 saturated heterocycles. The highest BCUT2D eigenvalue weighted by Gasteiger charge is 2.54. The van der Waals surface area contributed by atoms with Gasteiger partial charge in [-0.3, -0.25) is 0 Å². The maximum absolute atomic E-state index is 6.67. The summed E-state index contributed by atoms with van der Waals surface area (Å²) in [6.07, 6.45) is 9.44. The molecular weight excluding hydrogens is 234 g/mol. The van der Waals surface area contributed by atoms with Crippen LogP contribution >= 0.6 is 0 Å². The Balaban J connectivity index is 1.63. The van der Waals surface area contributed by atoms with Crippen LogP contribution in [0.3, 0.4) is 0 Å². The Morgan fingerprint density at radius 3 is 2.21 bits per heavy atom. The zero-order valence-corrected chi connectivity index (χ0v) is 11.9. The molecule has 1 aromatic rings. The van der Waals surface area contributed by atoms with E-state index in [1.807, 2.05) is 0 Å². The highest BCUT2D eigenvalue weighted by Crippen LogP contribution is 2.63. The molecule has 1 aromatic heterocycles. The van der Waals surface area contributed by atoms with Gasteiger partial charge in [0.15, 0.2) is 0 Å². The molecule has 4 saturated carbocycles. The van der Waals surface area contributed by atoms with Crippen LogP contribution < -0.4 is 5.73 Å². The van der Waals surface area contributed by atoms with E-state index in [4.69, 9.17) is 10.2 Å². The molecule has 2 N–H and O–H groups in total. The van der Waals surface area contributed by atoms with Crippen molar-refractivity contribution < 1.29 is 4.42 Å². The normalized spacial score (nSPS) is 41.7. The number of rotatable bonds is 3. The molecule has 2 nitrogen and oxygen atoms in total. The third-order valence-corrected chi connectivity index (χ3v) is 6.08. The Hall–Kier alpha value is -0.760. The van der Waals surface area contributed by atoms with Gasteiger partial charge in [-0.25, -0.2) is 0 Å². The lowest BCUT2D eigenvalue weighted by atomic mass is 9.47. The van der Waals surface area contributed by atoms with E-state index in [1.165, 1.54) is 38.5 Å². The van der Waals surface area contributed by atoms with Crippen molar-refractivity contribution >= 4 is 0 Å². The molecule has 0 aliphatic heterocycles. The van der Waals surface area contributed by atoms with E-state index in [1.54, 1.807) is 0 Å². The van der Waals surface area contributed by atoms with Crippen molar-refractivity contribution in [2.45, 2.75) is 57.9 Å². The molecule has 4 bridgehead atoms. The van der Waals surface area contributed by atoms with Crippen molar-refractivity contribution in [1.82, 2.24) is 0 Å². The Bertz CT molecular complexity index is 440. The van der Waals surface area contributed by atoms with Crippen LogP contribution in [-0.2, 0) is 6.42 Å². The van der Waals surface area contributed by atoms with Crippen LogP contribution in [0.4, 0.5) is 0 Å². The van der Waals surface area contributed by atoms with Gasteiger partial charge in [-0.1, -0.05) is 6.92 Å². The number of hydrogen-bond acceptors (Lipinski definition) is 2. The van der Waals surface area contributed by atoms with Gasteiger partial charge in [-0.15, -0.1) is 0 Å². The van der Waals surface area contributed by atoms with Crippen molar-refractivity contribution in [1.29, 1.82) is 0 Å². The van der Waals surface area contributed by atoms with Gasteiger partial charge in [0, 0.05) is 6.42 Å². The second-order valence-electron chi connectivity index (χ2n) is 7.42. The molecule has 4 fully saturated rings. The fourth-order valence-electron chi connectivity index (χ4n) is 5.61. The molecule has 0 spiro atoms. The highest BCUT2D eigenvalue weighted by atomic mass is 16.3. The van der Waals surface area contributed by atoms with Gasteiger partial charge in [-0.2, -0.15) is 0 Å². The molecule has 1 unspecified atom stereocenters.